The molecular formula is C14H16. The second-order valence-electron chi connectivity index (χ2n) is 3.39. The zero-order valence-corrected chi connectivity index (χ0v) is 8.83. The second-order valence-corrected chi connectivity index (χ2v) is 3.39. The Morgan fingerprint density at radius 3 is 2.79 bits per heavy atom. The van der Waals surface area contributed by atoms with E-state index in [4.69, 9.17) is 0 Å². The van der Waals surface area contributed by atoms with E-state index in [2.05, 4.69) is 56.8 Å². The average Bonchev–Trinajstić information content (AvgIpc) is 2.15. The minimum atomic E-state index is 1.21. The van der Waals surface area contributed by atoms with Gasteiger partial charge in [-0.25, -0.2) is 0 Å². The van der Waals surface area contributed by atoms with Gasteiger partial charge < -0.3 is 0 Å². The van der Waals surface area contributed by atoms with Gasteiger partial charge in [-0.2, -0.15) is 0 Å². The van der Waals surface area contributed by atoms with E-state index in [1.54, 1.807) is 6.08 Å². The molecule has 14 heavy (non-hydrogen) atoms. The molecule has 0 aromatic heterocycles. The highest BCUT2D eigenvalue weighted by Crippen LogP contribution is 2.07. The van der Waals surface area contributed by atoms with E-state index >= 15 is 0 Å². The van der Waals surface area contributed by atoms with Crippen LogP contribution in [0.4, 0.5) is 0 Å². The molecule has 0 bridgehead atoms. The van der Waals surface area contributed by atoms with E-state index in [-0.39, 0.29) is 0 Å². The standard InChI is InChI=1S/C14H16/c1-4-6-12(2)9-10-14-8-5-7-13(3)11-14/h4-11H,1H2,2-3H3/b10-9+,12-6-. The van der Waals surface area contributed by atoms with Crippen LogP contribution < -0.4 is 0 Å². The number of benzene rings is 1. The van der Waals surface area contributed by atoms with Crippen LogP contribution in [0.1, 0.15) is 18.1 Å². The van der Waals surface area contributed by atoms with Crippen LogP contribution in [0, 0.1) is 6.92 Å². The maximum absolute atomic E-state index is 3.66. The van der Waals surface area contributed by atoms with Crippen molar-refractivity contribution in [2.24, 2.45) is 0 Å². The van der Waals surface area contributed by atoms with E-state index in [0.29, 0.717) is 0 Å². The van der Waals surface area contributed by atoms with Crippen molar-refractivity contribution in [2.75, 3.05) is 0 Å². The van der Waals surface area contributed by atoms with Gasteiger partial charge in [0.05, 0.1) is 0 Å². The molecule has 0 N–H and O–H groups in total. The highest BCUT2D eigenvalue weighted by atomic mass is 13.9. The highest BCUT2D eigenvalue weighted by molar-refractivity contribution is 5.53. The molecule has 0 aliphatic heterocycles. The molecule has 0 fully saturated rings. The SMILES string of the molecule is C=C/C=C(C)\C=C\c1cccc(C)c1. The summed E-state index contributed by atoms with van der Waals surface area (Å²) in [7, 11) is 0. The van der Waals surface area contributed by atoms with Crippen molar-refractivity contribution >= 4 is 6.08 Å². The van der Waals surface area contributed by atoms with Crippen LogP contribution in [0.2, 0.25) is 0 Å². The molecule has 0 nitrogen and oxygen atoms in total. The van der Waals surface area contributed by atoms with Gasteiger partial charge in [-0.15, -0.1) is 0 Å². The van der Waals surface area contributed by atoms with E-state index < -0.39 is 0 Å². The van der Waals surface area contributed by atoms with Crippen LogP contribution in [0.5, 0.6) is 0 Å². The molecule has 0 spiro atoms. The molecule has 1 aromatic carbocycles. The molecule has 0 atom stereocenters. The summed E-state index contributed by atoms with van der Waals surface area (Å²) in [5, 5.41) is 0. The lowest BCUT2D eigenvalue weighted by molar-refractivity contribution is 1.45. The van der Waals surface area contributed by atoms with Gasteiger partial charge in [0.2, 0.25) is 0 Å². The van der Waals surface area contributed by atoms with Gasteiger partial charge in [0, 0.05) is 0 Å². The fourth-order valence-electron chi connectivity index (χ4n) is 1.24. The quantitative estimate of drug-likeness (QED) is 0.619. The van der Waals surface area contributed by atoms with Gasteiger partial charge in [-0.1, -0.05) is 66.3 Å². The Kier molecular flexibility index (Phi) is 3.93. The van der Waals surface area contributed by atoms with Gasteiger partial charge in [-0.05, 0) is 19.4 Å². The summed E-state index contributed by atoms with van der Waals surface area (Å²) < 4.78 is 0. The molecule has 72 valence electrons. The fourth-order valence-corrected chi connectivity index (χ4v) is 1.24. The molecule has 0 unspecified atom stereocenters. The maximum atomic E-state index is 3.66. The molecule has 0 heteroatoms. The van der Waals surface area contributed by atoms with E-state index in [1.807, 2.05) is 6.08 Å². The van der Waals surface area contributed by atoms with Gasteiger partial charge >= 0.3 is 0 Å². The predicted molar refractivity (Wildman–Crippen MR) is 64.2 cm³/mol. The first kappa shape index (κ1) is 10.5. The van der Waals surface area contributed by atoms with E-state index in [9.17, 15) is 0 Å². The molecule has 0 amide bonds. The number of allylic oxidation sites excluding steroid dienone is 4. The first-order chi connectivity index (χ1) is 6.72. The molecule has 0 heterocycles. The summed E-state index contributed by atoms with van der Waals surface area (Å²) >= 11 is 0. The third kappa shape index (κ3) is 3.44. The topological polar surface area (TPSA) is 0 Å². The largest absolute Gasteiger partial charge is 0.0991 e. The molecule has 0 saturated heterocycles. The van der Waals surface area contributed by atoms with Crippen LogP contribution in [-0.2, 0) is 0 Å². The lowest BCUT2D eigenvalue weighted by Crippen LogP contribution is -1.74. The Balaban J connectivity index is 2.78. The number of rotatable bonds is 3. The normalized spacial score (nSPS) is 12.0. The van der Waals surface area contributed by atoms with Gasteiger partial charge in [-0.3, -0.25) is 0 Å². The van der Waals surface area contributed by atoms with Crippen molar-refractivity contribution in [3.05, 3.63) is 65.8 Å². The first-order valence-corrected chi connectivity index (χ1v) is 4.76. The monoisotopic (exact) mass is 184 g/mol. The van der Waals surface area contributed by atoms with Crippen LogP contribution in [0.25, 0.3) is 6.08 Å². The summed E-state index contributed by atoms with van der Waals surface area (Å²) in [5.41, 5.74) is 3.74. The minimum absolute atomic E-state index is 1.21. The Morgan fingerprint density at radius 2 is 2.14 bits per heavy atom. The van der Waals surface area contributed by atoms with Crippen molar-refractivity contribution < 1.29 is 0 Å². The fraction of sp³-hybridized carbons (Fsp3) is 0.143. The van der Waals surface area contributed by atoms with Crippen molar-refractivity contribution in [2.45, 2.75) is 13.8 Å². The summed E-state index contributed by atoms with van der Waals surface area (Å²) in [6.07, 6.45) is 8.00. The van der Waals surface area contributed by atoms with Crippen molar-refractivity contribution in [1.29, 1.82) is 0 Å². The minimum Gasteiger partial charge on any atom is -0.0991 e. The van der Waals surface area contributed by atoms with Crippen LogP contribution in [0.3, 0.4) is 0 Å². The van der Waals surface area contributed by atoms with Gasteiger partial charge in [0.25, 0.3) is 0 Å². The number of aryl methyl sites for hydroxylation is 1. The van der Waals surface area contributed by atoms with Crippen molar-refractivity contribution in [3.8, 4) is 0 Å². The van der Waals surface area contributed by atoms with Crippen LogP contribution in [0.15, 0.2) is 54.6 Å². The molecule has 0 aliphatic rings. The smallest absolute Gasteiger partial charge is 0.0254 e. The third-order valence-electron chi connectivity index (χ3n) is 1.96. The molecule has 1 rings (SSSR count). The Labute approximate surface area is 86.3 Å². The number of hydrogen-bond acceptors (Lipinski definition) is 0. The van der Waals surface area contributed by atoms with Gasteiger partial charge in [0.1, 0.15) is 0 Å². The van der Waals surface area contributed by atoms with Crippen molar-refractivity contribution in [1.82, 2.24) is 0 Å². The zero-order valence-electron chi connectivity index (χ0n) is 8.83. The lowest BCUT2D eigenvalue weighted by Gasteiger charge is -1.95. The third-order valence-corrected chi connectivity index (χ3v) is 1.96. The average molecular weight is 184 g/mol. The molecular weight excluding hydrogens is 168 g/mol. The van der Waals surface area contributed by atoms with Crippen molar-refractivity contribution in [3.63, 3.8) is 0 Å². The molecule has 0 aliphatic carbocycles. The van der Waals surface area contributed by atoms with Gasteiger partial charge in [0.15, 0.2) is 0 Å². The molecule has 0 radical (unpaired) electrons. The lowest BCUT2D eigenvalue weighted by atomic mass is 10.1. The molecule has 0 saturated carbocycles. The summed E-state index contributed by atoms with van der Waals surface area (Å²) in [6, 6.07) is 8.44. The maximum Gasteiger partial charge on any atom is -0.0254 e. The Hall–Kier alpha value is -1.56. The second kappa shape index (κ2) is 5.23. The van der Waals surface area contributed by atoms with Crippen LogP contribution >= 0.6 is 0 Å². The Bertz CT molecular complexity index is 367. The number of hydrogen-bond donors (Lipinski definition) is 0. The van der Waals surface area contributed by atoms with E-state index in [0.717, 1.165) is 0 Å². The predicted octanol–water partition coefficient (Wildman–Crippen LogP) is 4.14. The first-order valence-electron chi connectivity index (χ1n) is 4.76. The Morgan fingerprint density at radius 1 is 1.36 bits per heavy atom. The molecule has 1 aromatic rings. The highest BCUT2D eigenvalue weighted by Gasteiger charge is 1.86. The summed E-state index contributed by atoms with van der Waals surface area (Å²) in [5.74, 6) is 0. The van der Waals surface area contributed by atoms with E-state index in [1.165, 1.54) is 16.7 Å². The summed E-state index contributed by atoms with van der Waals surface area (Å²) in [6.45, 7) is 7.82. The zero-order chi connectivity index (χ0) is 10.4. The van der Waals surface area contributed by atoms with Crippen LogP contribution in [-0.4, -0.2) is 0 Å². The summed E-state index contributed by atoms with van der Waals surface area (Å²) in [4.78, 5) is 0.